The first kappa shape index (κ1) is 17.7. The summed E-state index contributed by atoms with van der Waals surface area (Å²) in [5, 5.41) is 4.52. The summed E-state index contributed by atoms with van der Waals surface area (Å²) in [6, 6.07) is 18.4. The van der Waals surface area contributed by atoms with Crippen molar-refractivity contribution in [2.45, 2.75) is 33.2 Å². The fourth-order valence-corrected chi connectivity index (χ4v) is 4.11. The van der Waals surface area contributed by atoms with Crippen LogP contribution in [0.2, 0.25) is 0 Å². The molecule has 6 nitrogen and oxygen atoms in total. The second-order valence-corrected chi connectivity index (χ2v) is 7.60. The zero-order valence-corrected chi connectivity index (χ0v) is 16.7. The van der Waals surface area contributed by atoms with Gasteiger partial charge in [0.05, 0.1) is 22.4 Å². The molecule has 1 amide bonds. The predicted molar refractivity (Wildman–Crippen MR) is 113 cm³/mol. The van der Waals surface area contributed by atoms with E-state index >= 15 is 0 Å². The van der Waals surface area contributed by atoms with Crippen LogP contribution in [0, 0.1) is 13.8 Å². The van der Waals surface area contributed by atoms with Gasteiger partial charge in [0.1, 0.15) is 0 Å². The molecule has 0 N–H and O–H groups in total. The first-order valence-electron chi connectivity index (χ1n) is 9.98. The molecule has 3 heterocycles. The van der Waals surface area contributed by atoms with Crippen molar-refractivity contribution in [2.75, 3.05) is 11.4 Å². The summed E-state index contributed by atoms with van der Waals surface area (Å²) in [4.78, 5) is 19.3. The highest BCUT2D eigenvalue weighted by atomic mass is 16.2. The SMILES string of the molecule is Cc1cc(C)n(-c2ccc(CCC(=O)N3CCn4c3nc3ccccc34)cc2)n1. The Hall–Kier alpha value is -3.41. The zero-order valence-electron chi connectivity index (χ0n) is 16.7. The Morgan fingerprint density at radius 2 is 1.83 bits per heavy atom. The van der Waals surface area contributed by atoms with Crippen LogP contribution in [0.3, 0.4) is 0 Å². The van der Waals surface area contributed by atoms with E-state index in [4.69, 9.17) is 0 Å². The van der Waals surface area contributed by atoms with Crippen molar-refractivity contribution < 1.29 is 4.79 Å². The van der Waals surface area contributed by atoms with E-state index in [1.807, 2.05) is 34.7 Å². The normalized spacial score (nSPS) is 13.2. The lowest BCUT2D eigenvalue weighted by molar-refractivity contribution is -0.118. The van der Waals surface area contributed by atoms with Crippen LogP contribution in [-0.4, -0.2) is 31.8 Å². The van der Waals surface area contributed by atoms with Gasteiger partial charge in [0.25, 0.3) is 0 Å². The number of nitrogens with zero attached hydrogens (tertiary/aromatic N) is 5. The van der Waals surface area contributed by atoms with Crippen LogP contribution in [0.4, 0.5) is 5.95 Å². The van der Waals surface area contributed by atoms with Crippen molar-refractivity contribution >= 4 is 22.9 Å². The van der Waals surface area contributed by atoms with Crippen molar-refractivity contribution in [3.63, 3.8) is 0 Å². The van der Waals surface area contributed by atoms with Gasteiger partial charge in [0.15, 0.2) is 0 Å². The zero-order chi connectivity index (χ0) is 20.0. The number of aromatic nitrogens is 4. The highest BCUT2D eigenvalue weighted by molar-refractivity contribution is 5.95. The van der Waals surface area contributed by atoms with Gasteiger partial charge in [-0.1, -0.05) is 24.3 Å². The molecular formula is C23H23N5O. The molecule has 2 aromatic carbocycles. The number of carbonyl (C=O) groups is 1. The van der Waals surface area contributed by atoms with Gasteiger partial charge in [-0.05, 0) is 56.2 Å². The van der Waals surface area contributed by atoms with Crippen molar-refractivity contribution in [3.8, 4) is 5.69 Å². The van der Waals surface area contributed by atoms with E-state index in [-0.39, 0.29) is 5.91 Å². The molecule has 0 fully saturated rings. The lowest BCUT2D eigenvalue weighted by Gasteiger charge is -2.14. The van der Waals surface area contributed by atoms with Crippen molar-refractivity contribution in [1.29, 1.82) is 0 Å². The topological polar surface area (TPSA) is 56.0 Å². The molecule has 0 spiro atoms. The van der Waals surface area contributed by atoms with E-state index < -0.39 is 0 Å². The van der Waals surface area contributed by atoms with Crippen molar-refractivity contribution in [2.24, 2.45) is 0 Å². The summed E-state index contributed by atoms with van der Waals surface area (Å²) in [7, 11) is 0. The lowest BCUT2D eigenvalue weighted by atomic mass is 10.1. The highest BCUT2D eigenvalue weighted by Gasteiger charge is 2.27. The van der Waals surface area contributed by atoms with Crippen molar-refractivity contribution in [1.82, 2.24) is 19.3 Å². The first-order chi connectivity index (χ1) is 14.1. The van der Waals surface area contributed by atoms with E-state index in [0.717, 1.165) is 46.2 Å². The second-order valence-electron chi connectivity index (χ2n) is 7.60. The maximum atomic E-state index is 12.9. The molecule has 2 aromatic heterocycles. The molecule has 0 saturated heterocycles. The van der Waals surface area contributed by atoms with Crippen LogP contribution in [-0.2, 0) is 17.8 Å². The maximum absolute atomic E-state index is 12.9. The molecule has 1 aliphatic rings. The molecule has 1 aliphatic heterocycles. The van der Waals surface area contributed by atoms with Crippen LogP contribution in [0.25, 0.3) is 16.7 Å². The molecule has 0 unspecified atom stereocenters. The highest BCUT2D eigenvalue weighted by Crippen LogP contribution is 2.27. The third-order valence-corrected chi connectivity index (χ3v) is 5.54. The monoisotopic (exact) mass is 385 g/mol. The lowest BCUT2D eigenvalue weighted by Crippen LogP contribution is -2.29. The Morgan fingerprint density at radius 1 is 1.03 bits per heavy atom. The molecule has 4 aromatic rings. The second kappa shape index (κ2) is 6.88. The van der Waals surface area contributed by atoms with Gasteiger partial charge in [-0.2, -0.15) is 5.10 Å². The summed E-state index contributed by atoms with van der Waals surface area (Å²) in [5.74, 6) is 0.901. The molecule has 0 aliphatic carbocycles. The molecule has 146 valence electrons. The number of anilines is 1. The minimum absolute atomic E-state index is 0.127. The maximum Gasteiger partial charge on any atom is 0.229 e. The number of rotatable bonds is 4. The Kier molecular flexibility index (Phi) is 4.19. The summed E-state index contributed by atoms with van der Waals surface area (Å²) < 4.78 is 4.08. The molecule has 0 radical (unpaired) electrons. The average Bonchev–Trinajstić information content (AvgIpc) is 3.39. The van der Waals surface area contributed by atoms with Gasteiger partial charge in [-0.15, -0.1) is 0 Å². The van der Waals surface area contributed by atoms with Crippen LogP contribution in [0.15, 0.2) is 54.6 Å². The Morgan fingerprint density at radius 3 is 2.59 bits per heavy atom. The summed E-state index contributed by atoms with van der Waals surface area (Å²) in [6.45, 7) is 5.55. The van der Waals surface area contributed by atoms with Gasteiger partial charge in [0.2, 0.25) is 11.9 Å². The third-order valence-electron chi connectivity index (χ3n) is 5.54. The number of hydrogen-bond donors (Lipinski definition) is 0. The smallest absolute Gasteiger partial charge is 0.229 e. The quantitative estimate of drug-likeness (QED) is 0.537. The molecular weight excluding hydrogens is 362 g/mol. The van der Waals surface area contributed by atoms with Crippen LogP contribution in [0.5, 0.6) is 0 Å². The first-order valence-corrected chi connectivity index (χ1v) is 9.98. The van der Waals surface area contributed by atoms with Gasteiger partial charge in [-0.25, -0.2) is 9.67 Å². The fraction of sp³-hybridized carbons (Fsp3) is 0.261. The largest absolute Gasteiger partial charge is 0.308 e. The Balaban J connectivity index is 1.28. The van der Waals surface area contributed by atoms with E-state index in [0.29, 0.717) is 19.4 Å². The number of amides is 1. The van der Waals surface area contributed by atoms with Crippen LogP contribution in [0.1, 0.15) is 23.4 Å². The van der Waals surface area contributed by atoms with Gasteiger partial charge in [0, 0.05) is 25.2 Å². The minimum Gasteiger partial charge on any atom is -0.308 e. The van der Waals surface area contributed by atoms with Gasteiger partial charge < -0.3 is 4.57 Å². The number of para-hydroxylation sites is 2. The summed E-state index contributed by atoms with van der Waals surface area (Å²) in [6.07, 6.45) is 1.19. The number of aryl methyl sites for hydroxylation is 3. The fourth-order valence-electron chi connectivity index (χ4n) is 4.11. The number of benzene rings is 2. The number of hydrogen-bond acceptors (Lipinski definition) is 3. The summed E-state index contributed by atoms with van der Waals surface area (Å²) >= 11 is 0. The third kappa shape index (κ3) is 3.10. The average molecular weight is 385 g/mol. The standard InChI is InChI=1S/C23H23N5O/c1-16-15-17(2)28(25-16)19-10-7-18(8-11-19)9-12-22(29)27-14-13-26-21-6-4-3-5-20(21)24-23(26)27/h3-8,10-11,15H,9,12-14H2,1-2H3. The molecule has 5 rings (SSSR count). The molecule has 0 bridgehead atoms. The number of carbonyl (C=O) groups excluding carboxylic acids is 1. The van der Waals surface area contributed by atoms with E-state index in [1.165, 1.54) is 0 Å². The van der Waals surface area contributed by atoms with E-state index in [9.17, 15) is 4.79 Å². The molecule has 0 saturated carbocycles. The molecule has 29 heavy (non-hydrogen) atoms. The Labute approximate surface area is 169 Å². The number of fused-ring (bicyclic) bond motifs is 3. The minimum atomic E-state index is 0.127. The Bertz CT molecular complexity index is 1200. The predicted octanol–water partition coefficient (Wildman–Crippen LogP) is 3.82. The van der Waals surface area contributed by atoms with E-state index in [2.05, 4.69) is 58.0 Å². The van der Waals surface area contributed by atoms with Gasteiger partial charge >= 0.3 is 0 Å². The summed E-state index contributed by atoms with van der Waals surface area (Å²) in [5.41, 5.74) is 6.35. The van der Waals surface area contributed by atoms with Crippen molar-refractivity contribution in [3.05, 3.63) is 71.5 Å². The van der Waals surface area contributed by atoms with E-state index in [1.54, 1.807) is 0 Å². The number of imidazole rings is 1. The molecule has 6 heteroatoms. The van der Waals surface area contributed by atoms with Gasteiger partial charge in [-0.3, -0.25) is 9.69 Å². The molecule has 0 atom stereocenters. The van der Waals surface area contributed by atoms with Crippen LogP contribution < -0.4 is 4.90 Å². The van der Waals surface area contributed by atoms with Crippen LogP contribution >= 0.6 is 0 Å².